The van der Waals surface area contributed by atoms with Crippen molar-refractivity contribution in [2.45, 2.75) is 46.5 Å². The topological polar surface area (TPSA) is 38.8 Å². The van der Waals surface area contributed by atoms with Gasteiger partial charge in [-0.15, -0.1) is 12.4 Å². The Hall–Kier alpha value is -1.26. The third-order valence-electron chi connectivity index (χ3n) is 4.89. The lowest BCUT2D eigenvalue weighted by atomic mass is 9.97. The van der Waals surface area contributed by atoms with Gasteiger partial charge in [0.1, 0.15) is 5.75 Å². The number of piperidine rings is 1. The van der Waals surface area contributed by atoms with Crippen LogP contribution in [-0.2, 0) is 9.53 Å². The van der Waals surface area contributed by atoms with Gasteiger partial charge >= 0.3 is 5.97 Å². The number of halogens is 1. The van der Waals surface area contributed by atoms with Crippen molar-refractivity contribution in [3.8, 4) is 5.75 Å². The molecular weight excluding hydrogens is 338 g/mol. The fourth-order valence-corrected chi connectivity index (χ4v) is 3.15. The highest BCUT2D eigenvalue weighted by atomic mass is 35.5. The number of esters is 1. The SMILES string of the molecule is CCOC(=O)C1CCN(CCCCOc2cccc(C)c2C)CC1.Cl. The van der Waals surface area contributed by atoms with Gasteiger partial charge in [0.05, 0.1) is 19.1 Å². The van der Waals surface area contributed by atoms with Gasteiger partial charge in [-0.1, -0.05) is 12.1 Å². The number of nitrogens with zero attached hydrogens (tertiary/aromatic N) is 1. The second-order valence-electron chi connectivity index (χ2n) is 6.62. The predicted molar refractivity (Wildman–Crippen MR) is 104 cm³/mol. The molecule has 1 saturated heterocycles. The fraction of sp³-hybridized carbons (Fsp3) is 0.650. The molecule has 0 unspecified atom stereocenters. The molecule has 25 heavy (non-hydrogen) atoms. The summed E-state index contributed by atoms with van der Waals surface area (Å²) >= 11 is 0. The molecule has 2 rings (SSSR count). The maximum Gasteiger partial charge on any atom is 0.309 e. The van der Waals surface area contributed by atoms with Gasteiger partial charge < -0.3 is 14.4 Å². The first kappa shape index (κ1) is 21.8. The molecule has 0 bridgehead atoms. The van der Waals surface area contributed by atoms with Crippen molar-refractivity contribution in [2.75, 3.05) is 32.8 Å². The number of unbranched alkanes of at least 4 members (excludes halogenated alkanes) is 1. The highest BCUT2D eigenvalue weighted by Gasteiger charge is 2.25. The van der Waals surface area contributed by atoms with Crippen LogP contribution in [0.15, 0.2) is 18.2 Å². The van der Waals surface area contributed by atoms with E-state index in [9.17, 15) is 4.79 Å². The summed E-state index contributed by atoms with van der Waals surface area (Å²) < 4.78 is 11.0. The molecule has 142 valence electrons. The van der Waals surface area contributed by atoms with Gasteiger partial charge in [0.15, 0.2) is 0 Å². The number of carbonyl (C=O) groups excluding carboxylic acids is 1. The van der Waals surface area contributed by atoms with Crippen LogP contribution in [0.5, 0.6) is 5.75 Å². The van der Waals surface area contributed by atoms with Crippen LogP contribution < -0.4 is 4.74 Å². The minimum absolute atomic E-state index is 0. The van der Waals surface area contributed by atoms with Gasteiger partial charge in [-0.25, -0.2) is 0 Å². The summed E-state index contributed by atoms with van der Waals surface area (Å²) in [7, 11) is 0. The Balaban J connectivity index is 0.00000312. The molecule has 0 amide bonds. The molecule has 0 spiro atoms. The van der Waals surface area contributed by atoms with E-state index in [1.165, 1.54) is 11.1 Å². The standard InChI is InChI=1S/C20H31NO3.ClH/c1-4-23-20(22)18-10-13-21(14-11-18)12-5-6-15-24-19-9-7-8-16(2)17(19)3;/h7-9,18H,4-6,10-15H2,1-3H3;1H. The van der Waals surface area contributed by atoms with E-state index in [-0.39, 0.29) is 24.3 Å². The fourth-order valence-electron chi connectivity index (χ4n) is 3.15. The van der Waals surface area contributed by atoms with E-state index >= 15 is 0 Å². The lowest BCUT2D eigenvalue weighted by molar-refractivity contribution is -0.149. The largest absolute Gasteiger partial charge is 0.493 e. The third kappa shape index (κ3) is 6.87. The normalized spacial score (nSPS) is 15.5. The van der Waals surface area contributed by atoms with E-state index < -0.39 is 0 Å². The number of aryl methyl sites for hydroxylation is 1. The maximum atomic E-state index is 11.7. The summed E-state index contributed by atoms with van der Waals surface area (Å²) in [6.45, 7) is 10.4. The first-order chi connectivity index (χ1) is 11.6. The number of likely N-dealkylation sites (tertiary alicyclic amines) is 1. The number of ether oxygens (including phenoxy) is 2. The highest BCUT2D eigenvalue weighted by Crippen LogP contribution is 2.21. The first-order valence-electron chi connectivity index (χ1n) is 9.19. The number of carbonyl (C=O) groups is 1. The molecule has 0 N–H and O–H groups in total. The molecule has 0 radical (unpaired) electrons. The van der Waals surface area contributed by atoms with Crippen LogP contribution in [0.4, 0.5) is 0 Å². The summed E-state index contributed by atoms with van der Waals surface area (Å²) in [5.74, 6) is 1.10. The number of rotatable bonds is 8. The van der Waals surface area contributed by atoms with Crippen LogP contribution in [0, 0.1) is 19.8 Å². The smallest absolute Gasteiger partial charge is 0.309 e. The number of hydrogen-bond acceptors (Lipinski definition) is 4. The van der Waals surface area contributed by atoms with Gasteiger partial charge in [0.2, 0.25) is 0 Å². The molecular formula is C20H32ClNO3. The second kappa shape index (κ2) is 11.4. The molecule has 1 aromatic rings. The minimum Gasteiger partial charge on any atom is -0.493 e. The predicted octanol–water partition coefficient (Wildman–Crippen LogP) is 4.16. The molecule has 4 nitrogen and oxygen atoms in total. The van der Waals surface area contributed by atoms with Crippen molar-refractivity contribution >= 4 is 18.4 Å². The Kier molecular flexibility index (Phi) is 9.91. The molecule has 1 heterocycles. The summed E-state index contributed by atoms with van der Waals surface area (Å²) in [5, 5.41) is 0. The van der Waals surface area contributed by atoms with E-state index in [1.54, 1.807) is 0 Å². The molecule has 1 aliphatic rings. The van der Waals surface area contributed by atoms with Crippen molar-refractivity contribution in [1.29, 1.82) is 0 Å². The monoisotopic (exact) mass is 369 g/mol. The molecule has 0 aromatic heterocycles. The van der Waals surface area contributed by atoms with Crippen LogP contribution in [0.25, 0.3) is 0 Å². The molecule has 0 saturated carbocycles. The zero-order valence-electron chi connectivity index (χ0n) is 15.8. The quantitative estimate of drug-likeness (QED) is 0.509. The van der Waals surface area contributed by atoms with Gasteiger partial charge in [-0.05, 0) is 83.3 Å². The van der Waals surface area contributed by atoms with Crippen molar-refractivity contribution in [2.24, 2.45) is 5.92 Å². The Morgan fingerprint density at radius 1 is 1.20 bits per heavy atom. The Morgan fingerprint density at radius 2 is 1.92 bits per heavy atom. The maximum absolute atomic E-state index is 11.7. The van der Waals surface area contributed by atoms with Crippen LogP contribution in [0.2, 0.25) is 0 Å². The Morgan fingerprint density at radius 3 is 2.60 bits per heavy atom. The van der Waals surface area contributed by atoms with Gasteiger partial charge in [0, 0.05) is 0 Å². The van der Waals surface area contributed by atoms with Crippen LogP contribution >= 0.6 is 12.4 Å². The first-order valence-corrected chi connectivity index (χ1v) is 9.19. The number of hydrogen-bond donors (Lipinski definition) is 0. The summed E-state index contributed by atoms with van der Waals surface area (Å²) in [5.41, 5.74) is 2.51. The zero-order valence-corrected chi connectivity index (χ0v) is 16.6. The van der Waals surface area contributed by atoms with Crippen molar-refractivity contribution in [3.63, 3.8) is 0 Å². The lowest BCUT2D eigenvalue weighted by Crippen LogP contribution is -2.37. The second-order valence-corrected chi connectivity index (χ2v) is 6.62. The van der Waals surface area contributed by atoms with E-state index in [2.05, 4.69) is 24.8 Å². The van der Waals surface area contributed by atoms with Gasteiger partial charge in [-0.2, -0.15) is 0 Å². The number of benzene rings is 1. The van der Waals surface area contributed by atoms with E-state index in [0.717, 1.165) is 57.7 Å². The van der Waals surface area contributed by atoms with Crippen molar-refractivity contribution < 1.29 is 14.3 Å². The molecule has 1 aromatic carbocycles. The zero-order chi connectivity index (χ0) is 17.4. The molecule has 0 atom stereocenters. The summed E-state index contributed by atoms with van der Waals surface area (Å²) in [4.78, 5) is 14.2. The third-order valence-corrected chi connectivity index (χ3v) is 4.89. The lowest BCUT2D eigenvalue weighted by Gasteiger charge is -2.30. The average molecular weight is 370 g/mol. The van der Waals surface area contributed by atoms with Gasteiger partial charge in [-0.3, -0.25) is 4.79 Å². The van der Waals surface area contributed by atoms with Gasteiger partial charge in [0.25, 0.3) is 0 Å². The summed E-state index contributed by atoms with van der Waals surface area (Å²) in [6, 6.07) is 6.20. The molecule has 0 aliphatic carbocycles. The van der Waals surface area contributed by atoms with Crippen molar-refractivity contribution in [3.05, 3.63) is 29.3 Å². The highest BCUT2D eigenvalue weighted by molar-refractivity contribution is 5.85. The van der Waals surface area contributed by atoms with Crippen LogP contribution in [-0.4, -0.2) is 43.7 Å². The van der Waals surface area contributed by atoms with Crippen LogP contribution in [0.3, 0.4) is 0 Å². The minimum atomic E-state index is -0.0147. The Labute approximate surface area is 158 Å². The molecule has 5 heteroatoms. The summed E-state index contributed by atoms with van der Waals surface area (Å²) in [6.07, 6.45) is 4.05. The average Bonchev–Trinajstić information content (AvgIpc) is 2.59. The Bertz CT molecular complexity index is 528. The van der Waals surface area contributed by atoms with E-state index in [1.807, 2.05) is 19.1 Å². The van der Waals surface area contributed by atoms with E-state index in [0.29, 0.717) is 6.61 Å². The van der Waals surface area contributed by atoms with E-state index in [4.69, 9.17) is 9.47 Å². The van der Waals surface area contributed by atoms with Crippen molar-refractivity contribution in [1.82, 2.24) is 4.90 Å². The van der Waals surface area contributed by atoms with Crippen LogP contribution in [0.1, 0.15) is 43.7 Å². The molecule has 1 fully saturated rings. The molecule has 1 aliphatic heterocycles.